The minimum atomic E-state index is 0.132. The molecule has 0 aliphatic heterocycles. The third-order valence-electron chi connectivity index (χ3n) is 3.90. The highest BCUT2D eigenvalue weighted by Gasteiger charge is 2.10. The van der Waals surface area contributed by atoms with E-state index in [1.807, 2.05) is 10.6 Å². The van der Waals surface area contributed by atoms with Crippen molar-refractivity contribution >= 4 is 0 Å². The number of pyridine rings is 1. The van der Waals surface area contributed by atoms with Crippen molar-refractivity contribution in [3.8, 4) is 11.3 Å². The van der Waals surface area contributed by atoms with Crippen LogP contribution >= 0.6 is 0 Å². The zero-order chi connectivity index (χ0) is 15.9. The molecule has 0 aliphatic rings. The van der Waals surface area contributed by atoms with Crippen LogP contribution in [0.15, 0.2) is 41.2 Å². The largest absolute Gasteiger partial charge is 0.313 e. The number of hydrogen-bond donors (Lipinski definition) is 1. The number of nitrogens with one attached hydrogen (secondary N) is 1. The highest BCUT2D eigenvalue weighted by Crippen LogP contribution is 2.19. The minimum Gasteiger partial charge on any atom is -0.313 e. The van der Waals surface area contributed by atoms with Crippen LogP contribution in [0, 0.1) is 6.92 Å². The number of nitrogens with zero attached hydrogens (tertiary/aromatic N) is 1. The molecule has 2 aromatic rings. The average molecular weight is 298 g/mol. The Morgan fingerprint density at radius 3 is 2.41 bits per heavy atom. The number of unbranched alkanes of at least 4 members (excludes halogenated alkanes) is 1. The Labute approximate surface area is 133 Å². The summed E-state index contributed by atoms with van der Waals surface area (Å²) in [4.78, 5) is 12.8. The lowest BCUT2D eigenvalue weighted by Crippen LogP contribution is -2.28. The van der Waals surface area contributed by atoms with Gasteiger partial charge in [0.1, 0.15) is 0 Å². The lowest BCUT2D eigenvalue weighted by Gasteiger charge is -2.15. The van der Waals surface area contributed by atoms with Gasteiger partial charge in [0, 0.05) is 18.7 Å². The maximum atomic E-state index is 12.8. The van der Waals surface area contributed by atoms with E-state index in [0.717, 1.165) is 42.8 Å². The molecule has 0 radical (unpaired) electrons. The number of aryl methyl sites for hydroxylation is 1. The summed E-state index contributed by atoms with van der Waals surface area (Å²) >= 11 is 0. The summed E-state index contributed by atoms with van der Waals surface area (Å²) in [5.41, 5.74) is 4.32. The van der Waals surface area contributed by atoms with Gasteiger partial charge in [-0.2, -0.15) is 0 Å². The Morgan fingerprint density at radius 1 is 1.05 bits per heavy atom. The van der Waals surface area contributed by atoms with E-state index in [2.05, 4.69) is 56.4 Å². The van der Waals surface area contributed by atoms with Crippen molar-refractivity contribution in [1.29, 1.82) is 0 Å². The highest BCUT2D eigenvalue weighted by atomic mass is 16.1. The minimum absolute atomic E-state index is 0.132. The van der Waals surface area contributed by atoms with E-state index in [-0.39, 0.29) is 5.56 Å². The smallest absolute Gasteiger partial charge is 0.255 e. The van der Waals surface area contributed by atoms with Gasteiger partial charge in [-0.05, 0) is 31.5 Å². The van der Waals surface area contributed by atoms with Gasteiger partial charge in [-0.1, -0.05) is 56.2 Å². The predicted octanol–water partition coefficient (Wildman–Crippen LogP) is 3.73. The van der Waals surface area contributed by atoms with Gasteiger partial charge in [0.05, 0.1) is 5.69 Å². The normalized spacial score (nSPS) is 10.9. The zero-order valence-corrected chi connectivity index (χ0v) is 13.9. The quantitative estimate of drug-likeness (QED) is 0.845. The molecule has 0 bridgehead atoms. The first-order chi connectivity index (χ1) is 10.7. The molecule has 3 heteroatoms. The molecule has 1 heterocycles. The summed E-state index contributed by atoms with van der Waals surface area (Å²) in [5, 5.41) is 3.24. The second-order valence-corrected chi connectivity index (χ2v) is 5.70. The molecule has 0 saturated carbocycles. The summed E-state index contributed by atoms with van der Waals surface area (Å²) in [6.45, 7) is 8.56. The Kier molecular flexibility index (Phi) is 5.96. The topological polar surface area (TPSA) is 34.0 Å². The molecule has 1 aromatic carbocycles. The van der Waals surface area contributed by atoms with Crippen LogP contribution in [0.4, 0.5) is 0 Å². The Balaban J connectivity index is 2.46. The van der Waals surface area contributed by atoms with Gasteiger partial charge in [-0.15, -0.1) is 0 Å². The van der Waals surface area contributed by atoms with Crippen LogP contribution in [0.5, 0.6) is 0 Å². The molecule has 22 heavy (non-hydrogen) atoms. The number of rotatable bonds is 7. The van der Waals surface area contributed by atoms with Gasteiger partial charge in [0.2, 0.25) is 0 Å². The van der Waals surface area contributed by atoms with Gasteiger partial charge in [-0.25, -0.2) is 0 Å². The van der Waals surface area contributed by atoms with Crippen LogP contribution in [0.2, 0.25) is 0 Å². The third kappa shape index (κ3) is 3.86. The molecular formula is C19H26N2O. The summed E-state index contributed by atoms with van der Waals surface area (Å²) < 4.78 is 1.93. The molecule has 3 nitrogen and oxygen atoms in total. The molecule has 0 fully saturated rings. The standard InChI is InChI=1S/C19H26N2O/c1-4-6-13-21-18(16-9-7-15(3)8-10-16)12-11-17(19(21)22)14-20-5-2/h7-12,20H,4-6,13-14H2,1-3H3. The first-order valence-electron chi connectivity index (χ1n) is 8.17. The fourth-order valence-corrected chi connectivity index (χ4v) is 2.53. The summed E-state index contributed by atoms with van der Waals surface area (Å²) in [6, 6.07) is 12.4. The van der Waals surface area contributed by atoms with Gasteiger partial charge in [-0.3, -0.25) is 4.79 Å². The second-order valence-electron chi connectivity index (χ2n) is 5.70. The van der Waals surface area contributed by atoms with Crippen molar-refractivity contribution in [3.05, 3.63) is 57.9 Å². The van der Waals surface area contributed by atoms with E-state index in [1.54, 1.807) is 0 Å². The third-order valence-corrected chi connectivity index (χ3v) is 3.90. The van der Waals surface area contributed by atoms with Crippen molar-refractivity contribution in [1.82, 2.24) is 9.88 Å². The van der Waals surface area contributed by atoms with Crippen LogP contribution in [0.25, 0.3) is 11.3 Å². The van der Waals surface area contributed by atoms with Crippen molar-refractivity contribution in [3.63, 3.8) is 0 Å². The molecule has 0 atom stereocenters. The van der Waals surface area contributed by atoms with Crippen molar-refractivity contribution < 1.29 is 0 Å². The van der Waals surface area contributed by atoms with Crippen molar-refractivity contribution in [2.45, 2.75) is 46.7 Å². The molecule has 1 N–H and O–H groups in total. The van der Waals surface area contributed by atoms with E-state index in [0.29, 0.717) is 6.54 Å². The maximum absolute atomic E-state index is 12.8. The van der Waals surface area contributed by atoms with E-state index in [1.165, 1.54) is 5.56 Å². The molecule has 2 rings (SSSR count). The Bertz CT molecular complexity index is 656. The molecule has 0 unspecified atom stereocenters. The first kappa shape index (κ1) is 16.5. The summed E-state index contributed by atoms with van der Waals surface area (Å²) in [5.74, 6) is 0. The average Bonchev–Trinajstić information content (AvgIpc) is 2.53. The molecule has 1 aromatic heterocycles. The Hall–Kier alpha value is -1.87. The first-order valence-corrected chi connectivity index (χ1v) is 8.17. The van der Waals surface area contributed by atoms with E-state index in [4.69, 9.17) is 0 Å². The monoisotopic (exact) mass is 298 g/mol. The molecule has 0 amide bonds. The second kappa shape index (κ2) is 7.95. The molecule has 0 saturated heterocycles. The number of aromatic nitrogens is 1. The predicted molar refractivity (Wildman–Crippen MR) is 93.2 cm³/mol. The fraction of sp³-hybridized carbons (Fsp3) is 0.421. The van der Waals surface area contributed by atoms with Gasteiger partial charge < -0.3 is 9.88 Å². The van der Waals surface area contributed by atoms with Crippen molar-refractivity contribution in [2.24, 2.45) is 0 Å². The molecular weight excluding hydrogens is 272 g/mol. The maximum Gasteiger partial charge on any atom is 0.255 e. The number of hydrogen-bond acceptors (Lipinski definition) is 2. The fourth-order valence-electron chi connectivity index (χ4n) is 2.53. The van der Waals surface area contributed by atoms with E-state index >= 15 is 0 Å². The van der Waals surface area contributed by atoms with Gasteiger partial charge in [0.25, 0.3) is 5.56 Å². The van der Waals surface area contributed by atoms with E-state index < -0.39 is 0 Å². The van der Waals surface area contributed by atoms with Crippen molar-refractivity contribution in [2.75, 3.05) is 6.54 Å². The molecule has 0 spiro atoms. The summed E-state index contributed by atoms with van der Waals surface area (Å²) in [6.07, 6.45) is 2.10. The van der Waals surface area contributed by atoms with E-state index in [9.17, 15) is 4.79 Å². The van der Waals surface area contributed by atoms with Crippen LogP contribution in [0.3, 0.4) is 0 Å². The Morgan fingerprint density at radius 2 is 1.77 bits per heavy atom. The van der Waals surface area contributed by atoms with Crippen LogP contribution < -0.4 is 10.9 Å². The number of benzene rings is 1. The van der Waals surface area contributed by atoms with Gasteiger partial charge in [0.15, 0.2) is 0 Å². The lowest BCUT2D eigenvalue weighted by atomic mass is 10.1. The molecule has 118 valence electrons. The highest BCUT2D eigenvalue weighted by molar-refractivity contribution is 5.60. The van der Waals surface area contributed by atoms with Crippen LogP contribution in [-0.2, 0) is 13.1 Å². The van der Waals surface area contributed by atoms with Gasteiger partial charge >= 0.3 is 0 Å². The SMILES string of the molecule is CCCCn1c(-c2ccc(C)cc2)ccc(CNCC)c1=O. The van der Waals surface area contributed by atoms with Crippen LogP contribution in [-0.4, -0.2) is 11.1 Å². The molecule has 0 aliphatic carbocycles. The van der Waals surface area contributed by atoms with Crippen LogP contribution in [0.1, 0.15) is 37.8 Å². The lowest BCUT2D eigenvalue weighted by molar-refractivity contribution is 0.607. The summed E-state index contributed by atoms with van der Waals surface area (Å²) in [7, 11) is 0. The zero-order valence-electron chi connectivity index (χ0n) is 13.9.